The van der Waals surface area contributed by atoms with Crippen LogP contribution in [0.4, 0.5) is 0 Å². The quantitative estimate of drug-likeness (QED) is 0.620. The molecule has 5 atom stereocenters. The number of fused-ring (bicyclic) bond motifs is 1. The van der Waals surface area contributed by atoms with E-state index in [1.807, 2.05) is 0 Å². The summed E-state index contributed by atoms with van der Waals surface area (Å²) in [6.45, 7) is 3.53. The molecular formula is C10H18O6. The summed E-state index contributed by atoms with van der Waals surface area (Å²) in [4.78, 5) is 0. The fraction of sp³-hybridized carbons (Fsp3) is 1.00. The van der Waals surface area contributed by atoms with E-state index in [2.05, 4.69) is 0 Å². The molecule has 2 aliphatic heterocycles. The summed E-state index contributed by atoms with van der Waals surface area (Å²) in [5.41, 5.74) is 0. The second-order valence-electron chi connectivity index (χ2n) is 4.56. The Hall–Kier alpha value is -0.240. The zero-order chi connectivity index (χ0) is 11.9. The van der Waals surface area contributed by atoms with E-state index in [-0.39, 0.29) is 6.61 Å². The van der Waals surface area contributed by atoms with Crippen LogP contribution in [-0.4, -0.2) is 60.4 Å². The van der Waals surface area contributed by atoms with Crippen LogP contribution in [0.2, 0.25) is 0 Å². The normalized spacial score (nSPS) is 47.4. The third-order valence-corrected chi connectivity index (χ3v) is 2.82. The number of rotatable bonds is 1. The molecule has 2 rings (SSSR count). The molecule has 2 saturated heterocycles. The number of ether oxygens (including phenoxy) is 4. The SMILES string of the molecule is CO[C@@H]1OC[C@@H](O)[C@H]2OC(C)(C)O[C@@H]2[C@H]1O. The van der Waals surface area contributed by atoms with Gasteiger partial charge < -0.3 is 29.2 Å². The van der Waals surface area contributed by atoms with E-state index < -0.39 is 36.5 Å². The van der Waals surface area contributed by atoms with Crippen LogP contribution >= 0.6 is 0 Å². The van der Waals surface area contributed by atoms with Crippen LogP contribution in [-0.2, 0) is 18.9 Å². The van der Waals surface area contributed by atoms with Gasteiger partial charge in [-0.05, 0) is 13.8 Å². The Morgan fingerprint density at radius 1 is 1.19 bits per heavy atom. The lowest BCUT2D eigenvalue weighted by Gasteiger charge is -2.24. The first-order valence-electron chi connectivity index (χ1n) is 5.31. The Balaban J connectivity index is 2.19. The van der Waals surface area contributed by atoms with Gasteiger partial charge in [0.05, 0.1) is 6.61 Å². The number of hydrogen-bond acceptors (Lipinski definition) is 6. The van der Waals surface area contributed by atoms with Gasteiger partial charge in [-0.15, -0.1) is 0 Å². The summed E-state index contributed by atoms with van der Waals surface area (Å²) in [6.07, 6.45) is -3.85. The average molecular weight is 234 g/mol. The van der Waals surface area contributed by atoms with Crippen LogP contribution in [0.1, 0.15) is 13.8 Å². The lowest BCUT2D eigenvalue weighted by atomic mass is 10.0. The number of aliphatic hydroxyl groups is 2. The first kappa shape index (κ1) is 12.2. The molecular weight excluding hydrogens is 216 g/mol. The minimum atomic E-state index is -0.978. The Bertz CT molecular complexity index is 256. The highest BCUT2D eigenvalue weighted by Crippen LogP contribution is 2.34. The molecule has 0 radical (unpaired) electrons. The van der Waals surface area contributed by atoms with Gasteiger partial charge >= 0.3 is 0 Å². The zero-order valence-electron chi connectivity index (χ0n) is 9.62. The van der Waals surface area contributed by atoms with E-state index in [1.165, 1.54) is 7.11 Å². The Labute approximate surface area is 94.1 Å². The second-order valence-corrected chi connectivity index (χ2v) is 4.56. The topological polar surface area (TPSA) is 77.4 Å². The van der Waals surface area contributed by atoms with E-state index in [9.17, 15) is 10.2 Å². The van der Waals surface area contributed by atoms with Gasteiger partial charge in [-0.3, -0.25) is 0 Å². The first-order valence-corrected chi connectivity index (χ1v) is 5.31. The van der Waals surface area contributed by atoms with E-state index >= 15 is 0 Å². The van der Waals surface area contributed by atoms with Crippen LogP contribution in [0.25, 0.3) is 0 Å². The summed E-state index contributed by atoms with van der Waals surface area (Å²) in [6, 6.07) is 0. The summed E-state index contributed by atoms with van der Waals surface area (Å²) in [5.74, 6) is -0.813. The maximum Gasteiger partial charge on any atom is 0.185 e. The molecule has 0 unspecified atom stereocenters. The molecule has 0 bridgehead atoms. The molecule has 6 nitrogen and oxygen atoms in total. The molecule has 0 spiro atoms. The Morgan fingerprint density at radius 3 is 2.44 bits per heavy atom. The van der Waals surface area contributed by atoms with Crippen molar-refractivity contribution in [1.29, 1.82) is 0 Å². The number of methoxy groups -OCH3 is 1. The zero-order valence-corrected chi connectivity index (χ0v) is 9.62. The average Bonchev–Trinajstić information content (AvgIpc) is 2.50. The van der Waals surface area contributed by atoms with Gasteiger partial charge in [0.15, 0.2) is 12.1 Å². The molecule has 2 fully saturated rings. The van der Waals surface area contributed by atoms with Crippen LogP contribution in [0.5, 0.6) is 0 Å². The minimum absolute atomic E-state index is 0.0518. The van der Waals surface area contributed by atoms with Crippen LogP contribution in [0.15, 0.2) is 0 Å². The third-order valence-electron chi connectivity index (χ3n) is 2.82. The highest BCUT2D eigenvalue weighted by molar-refractivity contribution is 4.94. The van der Waals surface area contributed by atoms with Gasteiger partial charge in [0.2, 0.25) is 0 Å². The van der Waals surface area contributed by atoms with Crippen molar-refractivity contribution in [2.75, 3.05) is 13.7 Å². The van der Waals surface area contributed by atoms with Crippen LogP contribution in [0, 0.1) is 0 Å². The minimum Gasteiger partial charge on any atom is -0.388 e. The van der Waals surface area contributed by atoms with Crippen molar-refractivity contribution < 1.29 is 29.2 Å². The van der Waals surface area contributed by atoms with Crippen LogP contribution < -0.4 is 0 Å². The van der Waals surface area contributed by atoms with Crippen molar-refractivity contribution in [2.24, 2.45) is 0 Å². The highest BCUT2D eigenvalue weighted by Gasteiger charge is 2.52. The van der Waals surface area contributed by atoms with E-state index in [4.69, 9.17) is 18.9 Å². The fourth-order valence-corrected chi connectivity index (χ4v) is 2.13. The molecule has 2 aliphatic rings. The molecule has 0 amide bonds. The van der Waals surface area contributed by atoms with Gasteiger partial charge in [-0.1, -0.05) is 0 Å². The van der Waals surface area contributed by atoms with E-state index in [0.29, 0.717) is 0 Å². The maximum absolute atomic E-state index is 10.0. The summed E-state index contributed by atoms with van der Waals surface area (Å²) >= 11 is 0. The predicted octanol–water partition coefficient (Wildman–Crippen LogP) is -0.769. The van der Waals surface area contributed by atoms with Gasteiger partial charge in [-0.2, -0.15) is 0 Å². The summed E-state index contributed by atoms with van der Waals surface area (Å²) in [7, 11) is 1.43. The lowest BCUT2D eigenvalue weighted by Crippen LogP contribution is -2.44. The van der Waals surface area contributed by atoms with E-state index in [0.717, 1.165) is 0 Å². The molecule has 2 N–H and O–H groups in total. The van der Waals surface area contributed by atoms with Crippen molar-refractivity contribution in [3.05, 3.63) is 0 Å². The highest BCUT2D eigenvalue weighted by atomic mass is 16.8. The fourth-order valence-electron chi connectivity index (χ4n) is 2.13. The van der Waals surface area contributed by atoms with Gasteiger partial charge in [0, 0.05) is 7.11 Å². The molecule has 0 aromatic heterocycles. The van der Waals surface area contributed by atoms with E-state index in [1.54, 1.807) is 13.8 Å². The Kier molecular flexibility index (Phi) is 3.22. The Morgan fingerprint density at radius 2 is 1.81 bits per heavy atom. The largest absolute Gasteiger partial charge is 0.388 e. The standard InChI is InChI=1S/C10H18O6/c1-10(2)15-7-5(11)4-14-9(13-3)6(12)8(7)16-10/h5-9,11-12H,4H2,1-3H3/t5-,6-,7-,8-,9-/m1/s1. The molecule has 2 heterocycles. The third kappa shape index (κ3) is 2.09. The van der Waals surface area contributed by atoms with Crippen molar-refractivity contribution in [3.8, 4) is 0 Å². The summed E-state index contributed by atoms with van der Waals surface area (Å²) < 4.78 is 21.3. The molecule has 0 aliphatic carbocycles. The van der Waals surface area contributed by atoms with Gasteiger partial charge in [0.25, 0.3) is 0 Å². The number of aliphatic hydroxyl groups excluding tert-OH is 2. The molecule has 0 aromatic rings. The molecule has 6 heteroatoms. The first-order chi connectivity index (χ1) is 7.44. The second kappa shape index (κ2) is 4.21. The molecule has 0 aromatic carbocycles. The van der Waals surface area contributed by atoms with Gasteiger partial charge in [0.1, 0.15) is 24.4 Å². The lowest BCUT2D eigenvalue weighted by molar-refractivity contribution is -0.222. The van der Waals surface area contributed by atoms with Crippen molar-refractivity contribution >= 4 is 0 Å². The molecule has 16 heavy (non-hydrogen) atoms. The molecule has 94 valence electrons. The number of hydrogen-bond donors (Lipinski definition) is 2. The smallest absolute Gasteiger partial charge is 0.185 e. The monoisotopic (exact) mass is 234 g/mol. The van der Waals surface area contributed by atoms with Crippen LogP contribution in [0.3, 0.4) is 0 Å². The van der Waals surface area contributed by atoms with Gasteiger partial charge in [-0.25, -0.2) is 0 Å². The van der Waals surface area contributed by atoms with Crippen molar-refractivity contribution in [3.63, 3.8) is 0 Å². The predicted molar refractivity (Wildman–Crippen MR) is 52.6 cm³/mol. The summed E-state index contributed by atoms with van der Waals surface area (Å²) in [5, 5.41) is 19.8. The van der Waals surface area contributed by atoms with Crippen molar-refractivity contribution in [2.45, 2.75) is 50.3 Å². The maximum atomic E-state index is 10.0. The van der Waals surface area contributed by atoms with Crippen molar-refractivity contribution in [1.82, 2.24) is 0 Å². The molecule has 0 saturated carbocycles.